The van der Waals surface area contributed by atoms with Gasteiger partial charge < -0.3 is 0 Å². The van der Waals surface area contributed by atoms with Gasteiger partial charge in [0.15, 0.2) is 0 Å². The maximum absolute atomic E-state index is 3.95. The summed E-state index contributed by atoms with van der Waals surface area (Å²) in [5.74, 6) is 0. The lowest BCUT2D eigenvalue weighted by molar-refractivity contribution is 1.40. The molecule has 0 nitrogen and oxygen atoms in total. The van der Waals surface area contributed by atoms with Gasteiger partial charge in [0.05, 0.1) is 0 Å². The largest absolute Gasteiger partial charge is 0.0984 e. The van der Waals surface area contributed by atoms with Gasteiger partial charge in [-0.05, 0) is 30.5 Å². The van der Waals surface area contributed by atoms with Crippen molar-refractivity contribution in [2.75, 3.05) is 0 Å². The number of rotatable bonds is 2. The highest BCUT2D eigenvalue weighted by molar-refractivity contribution is 5.73. The topological polar surface area (TPSA) is 0 Å². The molecule has 0 aliphatic heterocycles. The van der Waals surface area contributed by atoms with E-state index in [0.29, 0.717) is 0 Å². The molecule has 0 fully saturated rings. The van der Waals surface area contributed by atoms with E-state index in [4.69, 9.17) is 0 Å². The molecule has 0 unspecified atom stereocenters. The van der Waals surface area contributed by atoms with E-state index in [1.54, 1.807) is 0 Å². The lowest BCUT2D eigenvalue weighted by Crippen LogP contribution is -1.88. The molecule has 1 aromatic carbocycles. The molecule has 0 heteroatoms. The first-order valence-electron chi connectivity index (χ1n) is 4.04. The minimum atomic E-state index is 1.10. The van der Waals surface area contributed by atoms with Gasteiger partial charge in [-0.25, -0.2) is 0 Å². The SMILES string of the molecule is C=Cc1cccc(C)c1C(=C)C. The van der Waals surface area contributed by atoms with Gasteiger partial charge in [-0.15, -0.1) is 0 Å². The van der Waals surface area contributed by atoms with Gasteiger partial charge in [0.25, 0.3) is 0 Å². The monoisotopic (exact) mass is 158 g/mol. The van der Waals surface area contributed by atoms with Crippen LogP contribution in [-0.4, -0.2) is 0 Å². The summed E-state index contributed by atoms with van der Waals surface area (Å²) >= 11 is 0. The highest BCUT2D eigenvalue weighted by Gasteiger charge is 2.01. The second-order valence-electron chi connectivity index (χ2n) is 3.02. The highest BCUT2D eigenvalue weighted by Crippen LogP contribution is 2.22. The molecule has 1 rings (SSSR count). The zero-order valence-corrected chi connectivity index (χ0v) is 7.72. The third kappa shape index (κ3) is 1.48. The van der Waals surface area contributed by atoms with Gasteiger partial charge >= 0.3 is 0 Å². The number of benzene rings is 1. The van der Waals surface area contributed by atoms with Crippen LogP contribution in [0.4, 0.5) is 0 Å². The summed E-state index contributed by atoms with van der Waals surface area (Å²) in [6.07, 6.45) is 1.87. The fourth-order valence-corrected chi connectivity index (χ4v) is 1.44. The van der Waals surface area contributed by atoms with Crippen LogP contribution in [0.25, 0.3) is 11.6 Å². The molecule has 62 valence electrons. The first kappa shape index (κ1) is 8.79. The van der Waals surface area contributed by atoms with Gasteiger partial charge in [0.1, 0.15) is 0 Å². The first-order chi connectivity index (χ1) is 5.66. The van der Waals surface area contributed by atoms with Gasteiger partial charge in [-0.3, -0.25) is 0 Å². The number of allylic oxidation sites excluding steroid dienone is 1. The standard InChI is InChI=1S/C12H14/c1-5-11-8-6-7-10(4)12(11)9(2)3/h5-8H,1-2H2,3-4H3. The molecule has 0 atom stereocenters. The Morgan fingerprint density at radius 2 is 2.08 bits per heavy atom. The predicted octanol–water partition coefficient (Wildman–Crippen LogP) is 3.67. The van der Waals surface area contributed by atoms with E-state index in [-0.39, 0.29) is 0 Å². The number of hydrogen-bond acceptors (Lipinski definition) is 0. The maximum atomic E-state index is 3.95. The fourth-order valence-electron chi connectivity index (χ4n) is 1.44. The average molecular weight is 158 g/mol. The van der Waals surface area contributed by atoms with Gasteiger partial charge in [-0.1, -0.05) is 43.0 Å². The summed E-state index contributed by atoms with van der Waals surface area (Å²) in [4.78, 5) is 0. The quantitative estimate of drug-likeness (QED) is 0.616. The lowest BCUT2D eigenvalue weighted by atomic mass is 9.97. The summed E-state index contributed by atoms with van der Waals surface area (Å²) in [5, 5.41) is 0. The molecule has 0 radical (unpaired) electrons. The summed E-state index contributed by atoms with van der Waals surface area (Å²) in [5.41, 5.74) is 4.76. The second kappa shape index (κ2) is 3.40. The van der Waals surface area contributed by atoms with E-state index >= 15 is 0 Å². The van der Waals surface area contributed by atoms with E-state index in [0.717, 1.165) is 5.57 Å². The summed E-state index contributed by atoms with van der Waals surface area (Å²) in [7, 11) is 0. The molecule has 0 aliphatic carbocycles. The molecular weight excluding hydrogens is 144 g/mol. The Morgan fingerprint density at radius 3 is 2.50 bits per heavy atom. The maximum Gasteiger partial charge on any atom is -0.0132 e. The van der Waals surface area contributed by atoms with Crippen molar-refractivity contribution in [1.29, 1.82) is 0 Å². The Labute approximate surface area is 74.2 Å². The number of aryl methyl sites for hydroxylation is 1. The van der Waals surface area contributed by atoms with Crippen molar-refractivity contribution in [3.8, 4) is 0 Å². The third-order valence-corrected chi connectivity index (χ3v) is 1.95. The van der Waals surface area contributed by atoms with Crippen LogP contribution in [0.15, 0.2) is 31.4 Å². The van der Waals surface area contributed by atoms with Crippen LogP contribution >= 0.6 is 0 Å². The molecule has 0 saturated carbocycles. The van der Waals surface area contributed by atoms with Crippen LogP contribution in [0, 0.1) is 6.92 Å². The summed E-state index contributed by atoms with van der Waals surface area (Å²) in [6, 6.07) is 6.19. The summed E-state index contributed by atoms with van der Waals surface area (Å²) < 4.78 is 0. The molecule has 0 N–H and O–H groups in total. The summed E-state index contributed by atoms with van der Waals surface area (Å²) in [6.45, 7) is 11.8. The molecular formula is C12H14. The smallest absolute Gasteiger partial charge is 0.0132 e. The van der Waals surface area contributed by atoms with Gasteiger partial charge in [0, 0.05) is 0 Å². The molecule has 0 aromatic heterocycles. The van der Waals surface area contributed by atoms with Crippen LogP contribution in [-0.2, 0) is 0 Å². The molecule has 0 heterocycles. The van der Waals surface area contributed by atoms with Crippen LogP contribution in [0.5, 0.6) is 0 Å². The van der Waals surface area contributed by atoms with Gasteiger partial charge in [0.2, 0.25) is 0 Å². The van der Waals surface area contributed by atoms with Crippen LogP contribution < -0.4 is 0 Å². The molecule has 0 spiro atoms. The van der Waals surface area contributed by atoms with E-state index in [1.165, 1.54) is 16.7 Å². The van der Waals surface area contributed by atoms with E-state index in [1.807, 2.05) is 19.1 Å². The molecule has 0 amide bonds. The zero-order chi connectivity index (χ0) is 9.14. The molecule has 0 aliphatic rings. The third-order valence-electron chi connectivity index (χ3n) is 1.95. The molecule has 0 saturated heterocycles. The Balaban J connectivity index is 3.39. The Bertz CT molecular complexity index is 319. The molecule has 1 aromatic rings. The highest BCUT2D eigenvalue weighted by atomic mass is 14.1. The average Bonchev–Trinajstić information content (AvgIpc) is 2.03. The van der Waals surface area contributed by atoms with Crippen LogP contribution in [0.3, 0.4) is 0 Å². The number of hydrogen-bond donors (Lipinski definition) is 0. The van der Waals surface area contributed by atoms with Crippen molar-refractivity contribution in [1.82, 2.24) is 0 Å². The second-order valence-corrected chi connectivity index (χ2v) is 3.02. The fraction of sp³-hybridized carbons (Fsp3) is 0.167. The first-order valence-corrected chi connectivity index (χ1v) is 4.04. The Morgan fingerprint density at radius 1 is 1.42 bits per heavy atom. The molecule has 0 bridgehead atoms. The normalized spacial score (nSPS) is 9.50. The van der Waals surface area contributed by atoms with Crippen molar-refractivity contribution in [3.05, 3.63) is 48.0 Å². The Hall–Kier alpha value is -1.30. The Kier molecular flexibility index (Phi) is 2.49. The van der Waals surface area contributed by atoms with Crippen molar-refractivity contribution >= 4 is 11.6 Å². The lowest BCUT2D eigenvalue weighted by Gasteiger charge is -2.08. The van der Waals surface area contributed by atoms with Crippen molar-refractivity contribution in [2.24, 2.45) is 0 Å². The zero-order valence-electron chi connectivity index (χ0n) is 7.72. The van der Waals surface area contributed by atoms with E-state index in [2.05, 4.69) is 32.2 Å². The van der Waals surface area contributed by atoms with E-state index in [9.17, 15) is 0 Å². The van der Waals surface area contributed by atoms with Crippen LogP contribution in [0.1, 0.15) is 23.6 Å². The minimum absolute atomic E-state index is 1.10. The van der Waals surface area contributed by atoms with Crippen molar-refractivity contribution < 1.29 is 0 Å². The van der Waals surface area contributed by atoms with Crippen molar-refractivity contribution in [3.63, 3.8) is 0 Å². The van der Waals surface area contributed by atoms with Gasteiger partial charge in [-0.2, -0.15) is 0 Å². The van der Waals surface area contributed by atoms with Crippen LogP contribution in [0.2, 0.25) is 0 Å². The van der Waals surface area contributed by atoms with E-state index < -0.39 is 0 Å². The van der Waals surface area contributed by atoms with Crippen molar-refractivity contribution in [2.45, 2.75) is 13.8 Å². The predicted molar refractivity (Wildman–Crippen MR) is 56.0 cm³/mol. The molecule has 12 heavy (non-hydrogen) atoms. The minimum Gasteiger partial charge on any atom is -0.0984 e.